The molecule has 1 aromatic rings. The second-order valence-corrected chi connectivity index (χ2v) is 3.88. The van der Waals surface area contributed by atoms with Crippen molar-refractivity contribution in [1.29, 1.82) is 0 Å². The van der Waals surface area contributed by atoms with E-state index >= 15 is 0 Å². The molecule has 1 heterocycles. The fourth-order valence-electron chi connectivity index (χ4n) is 1.56. The van der Waals surface area contributed by atoms with E-state index < -0.39 is 0 Å². The van der Waals surface area contributed by atoms with Gasteiger partial charge in [0.05, 0.1) is 11.8 Å². The van der Waals surface area contributed by atoms with Crippen LogP contribution in [0.1, 0.15) is 31.7 Å². The summed E-state index contributed by atoms with van der Waals surface area (Å²) in [5.41, 5.74) is 6.19. The summed E-state index contributed by atoms with van der Waals surface area (Å²) in [6, 6.07) is 1.69. The highest BCUT2D eigenvalue weighted by Gasteiger charge is 2.12. The minimum absolute atomic E-state index is 0.0530. The number of oxime groups is 1. The van der Waals surface area contributed by atoms with Crippen molar-refractivity contribution in [3.05, 3.63) is 17.8 Å². The Morgan fingerprint density at radius 3 is 2.94 bits per heavy atom. The van der Waals surface area contributed by atoms with Crippen molar-refractivity contribution in [3.63, 3.8) is 0 Å². The van der Waals surface area contributed by atoms with E-state index in [1.807, 2.05) is 11.9 Å². The van der Waals surface area contributed by atoms with Crippen LogP contribution in [0.4, 0.5) is 5.82 Å². The molecule has 1 rings (SSSR count). The van der Waals surface area contributed by atoms with Crippen molar-refractivity contribution in [3.8, 4) is 0 Å². The maximum Gasteiger partial charge on any atom is 0.173 e. The first-order valence-electron chi connectivity index (χ1n) is 5.71. The second kappa shape index (κ2) is 6.67. The molecule has 0 aliphatic heterocycles. The van der Waals surface area contributed by atoms with Crippen LogP contribution in [-0.4, -0.2) is 34.8 Å². The molecule has 17 heavy (non-hydrogen) atoms. The summed E-state index contributed by atoms with van der Waals surface area (Å²) >= 11 is 0. The number of nitrogens with two attached hydrogens (primary N) is 1. The lowest BCUT2D eigenvalue weighted by Crippen LogP contribution is -2.25. The maximum absolute atomic E-state index is 8.70. The Morgan fingerprint density at radius 2 is 2.29 bits per heavy atom. The highest BCUT2D eigenvalue weighted by molar-refractivity contribution is 6.01. The first-order valence-corrected chi connectivity index (χ1v) is 5.71. The molecule has 0 radical (unpaired) electrons. The van der Waals surface area contributed by atoms with Gasteiger partial charge in [-0.3, -0.25) is 0 Å². The van der Waals surface area contributed by atoms with E-state index in [1.54, 1.807) is 6.07 Å². The minimum atomic E-state index is 0.0530. The largest absolute Gasteiger partial charge is 0.409 e. The van der Waals surface area contributed by atoms with Crippen LogP contribution in [0.5, 0.6) is 0 Å². The molecular formula is C11H19N5O. The molecule has 0 bridgehead atoms. The van der Waals surface area contributed by atoms with E-state index in [0.29, 0.717) is 11.4 Å². The van der Waals surface area contributed by atoms with E-state index in [-0.39, 0.29) is 5.84 Å². The Kier molecular flexibility index (Phi) is 5.19. The number of amidine groups is 1. The number of unbranched alkanes of at least 4 members (excludes halogenated alkanes) is 2. The SMILES string of the molecule is CCCCCN(C)c1nnccc1/C(N)=N/O. The standard InChI is InChI=1S/C11H19N5O/c1-3-4-5-8-16(2)11-9(10(12)15-17)6-7-13-14-11/h6-7,17H,3-5,8H2,1-2H3,(H2,12,15). The van der Waals surface area contributed by atoms with Gasteiger partial charge in [0.15, 0.2) is 11.7 Å². The fourth-order valence-corrected chi connectivity index (χ4v) is 1.56. The molecule has 0 saturated heterocycles. The van der Waals surface area contributed by atoms with Crippen molar-refractivity contribution in [1.82, 2.24) is 10.2 Å². The highest BCUT2D eigenvalue weighted by atomic mass is 16.4. The van der Waals surface area contributed by atoms with Crippen molar-refractivity contribution >= 4 is 11.7 Å². The molecule has 0 saturated carbocycles. The molecule has 0 aliphatic carbocycles. The Bertz CT molecular complexity index is 380. The molecule has 1 aromatic heterocycles. The molecule has 0 amide bonds. The number of rotatable bonds is 6. The average Bonchev–Trinajstić information content (AvgIpc) is 2.38. The van der Waals surface area contributed by atoms with Gasteiger partial charge < -0.3 is 15.8 Å². The third kappa shape index (κ3) is 3.58. The first-order chi connectivity index (χ1) is 8.20. The lowest BCUT2D eigenvalue weighted by molar-refractivity contribution is 0.318. The van der Waals surface area contributed by atoms with Gasteiger partial charge in [0.25, 0.3) is 0 Å². The molecule has 3 N–H and O–H groups in total. The molecule has 0 fully saturated rings. The van der Waals surface area contributed by atoms with Gasteiger partial charge in [-0.25, -0.2) is 0 Å². The Labute approximate surface area is 101 Å². The molecule has 6 heteroatoms. The Morgan fingerprint density at radius 1 is 1.53 bits per heavy atom. The van der Waals surface area contributed by atoms with Crippen molar-refractivity contribution in [2.75, 3.05) is 18.5 Å². The first kappa shape index (κ1) is 13.2. The van der Waals surface area contributed by atoms with E-state index in [9.17, 15) is 0 Å². The number of anilines is 1. The van der Waals surface area contributed by atoms with Gasteiger partial charge in [0, 0.05) is 13.6 Å². The fraction of sp³-hybridized carbons (Fsp3) is 0.545. The van der Waals surface area contributed by atoms with Gasteiger partial charge in [0.1, 0.15) is 0 Å². The predicted molar refractivity (Wildman–Crippen MR) is 67.3 cm³/mol. The van der Waals surface area contributed by atoms with Crippen LogP contribution in [0, 0.1) is 0 Å². The number of nitrogens with zero attached hydrogens (tertiary/aromatic N) is 4. The third-order valence-corrected chi connectivity index (χ3v) is 2.54. The Hall–Kier alpha value is -1.85. The summed E-state index contributed by atoms with van der Waals surface area (Å²) in [6.45, 7) is 3.03. The molecular weight excluding hydrogens is 218 g/mol. The number of hydrogen-bond donors (Lipinski definition) is 2. The highest BCUT2D eigenvalue weighted by Crippen LogP contribution is 2.15. The minimum Gasteiger partial charge on any atom is -0.409 e. The number of aromatic nitrogens is 2. The third-order valence-electron chi connectivity index (χ3n) is 2.54. The molecule has 0 spiro atoms. The summed E-state index contributed by atoms with van der Waals surface area (Å²) in [4.78, 5) is 1.97. The zero-order valence-electron chi connectivity index (χ0n) is 10.3. The lowest BCUT2D eigenvalue weighted by Gasteiger charge is -2.19. The second-order valence-electron chi connectivity index (χ2n) is 3.88. The molecule has 0 unspecified atom stereocenters. The average molecular weight is 237 g/mol. The number of hydrogen-bond acceptors (Lipinski definition) is 5. The zero-order chi connectivity index (χ0) is 12.7. The Balaban J connectivity index is 2.82. The zero-order valence-corrected chi connectivity index (χ0v) is 10.3. The van der Waals surface area contributed by atoms with Crippen LogP contribution in [0.15, 0.2) is 17.4 Å². The van der Waals surface area contributed by atoms with E-state index in [2.05, 4.69) is 22.3 Å². The summed E-state index contributed by atoms with van der Waals surface area (Å²) in [5.74, 6) is 0.691. The predicted octanol–water partition coefficient (Wildman–Crippen LogP) is 1.20. The van der Waals surface area contributed by atoms with Gasteiger partial charge in [-0.1, -0.05) is 24.9 Å². The maximum atomic E-state index is 8.70. The molecule has 0 aliphatic rings. The summed E-state index contributed by atoms with van der Waals surface area (Å²) in [5, 5.41) is 19.6. The van der Waals surface area contributed by atoms with Crippen LogP contribution in [-0.2, 0) is 0 Å². The summed E-state index contributed by atoms with van der Waals surface area (Å²) < 4.78 is 0. The molecule has 0 atom stereocenters. The lowest BCUT2D eigenvalue weighted by atomic mass is 10.2. The van der Waals surface area contributed by atoms with Crippen LogP contribution in [0.25, 0.3) is 0 Å². The van der Waals surface area contributed by atoms with Gasteiger partial charge in [-0.05, 0) is 12.5 Å². The topological polar surface area (TPSA) is 87.6 Å². The molecule has 94 valence electrons. The summed E-state index contributed by atoms with van der Waals surface area (Å²) in [7, 11) is 1.92. The normalized spacial score (nSPS) is 11.5. The van der Waals surface area contributed by atoms with Gasteiger partial charge in [-0.2, -0.15) is 5.10 Å². The van der Waals surface area contributed by atoms with E-state index in [0.717, 1.165) is 13.0 Å². The van der Waals surface area contributed by atoms with Gasteiger partial charge in [-0.15, -0.1) is 5.10 Å². The van der Waals surface area contributed by atoms with Crippen molar-refractivity contribution < 1.29 is 5.21 Å². The van der Waals surface area contributed by atoms with Gasteiger partial charge in [0.2, 0.25) is 0 Å². The smallest absolute Gasteiger partial charge is 0.173 e. The molecule has 6 nitrogen and oxygen atoms in total. The van der Waals surface area contributed by atoms with E-state index in [4.69, 9.17) is 10.9 Å². The molecule has 0 aromatic carbocycles. The van der Waals surface area contributed by atoms with Crippen LogP contribution in [0.2, 0.25) is 0 Å². The monoisotopic (exact) mass is 237 g/mol. The quantitative estimate of drug-likeness (QED) is 0.255. The van der Waals surface area contributed by atoms with Gasteiger partial charge >= 0.3 is 0 Å². The van der Waals surface area contributed by atoms with Crippen LogP contribution < -0.4 is 10.6 Å². The van der Waals surface area contributed by atoms with Crippen LogP contribution >= 0.6 is 0 Å². The van der Waals surface area contributed by atoms with Crippen molar-refractivity contribution in [2.45, 2.75) is 26.2 Å². The van der Waals surface area contributed by atoms with Crippen molar-refractivity contribution in [2.24, 2.45) is 10.9 Å². The van der Waals surface area contributed by atoms with Crippen LogP contribution in [0.3, 0.4) is 0 Å². The summed E-state index contributed by atoms with van der Waals surface area (Å²) in [6.07, 6.45) is 4.95. The van der Waals surface area contributed by atoms with E-state index in [1.165, 1.54) is 19.0 Å².